The summed E-state index contributed by atoms with van der Waals surface area (Å²) in [5, 5.41) is 6.83. The second-order valence-corrected chi connectivity index (χ2v) is 7.10. The number of nitrogens with zero attached hydrogens (tertiary/aromatic N) is 4. The Kier molecular flexibility index (Phi) is 3.63. The Labute approximate surface area is 131 Å². The first-order valence-corrected chi connectivity index (χ1v) is 8.17. The lowest BCUT2D eigenvalue weighted by Crippen LogP contribution is -2.37. The summed E-state index contributed by atoms with van der Waals surface area (Å²) in [4.78, 5) is 16.1. The van der Waals surface area contributed by atoms with Gasteiger partial charge in [0.1, 0.15) is 0 Å². The number of amides is 1. The molecule has 22 heavy (non-hydrogen) atoms. The van der Waals surface area contributed by atoms with Gasteiger partial charge in [-0.25, -0.2) is 13.4 Å². The van der Waals surface area contributed by atoms with Crippen LogP contribution in [0.4, 0.5) is 5.82 Å². The average molecular weight is 342 g/mol. The molecular formula is C12H12ClN5O3S. The van der Waals surface area contributed by atoms with Crippen LogP contribution in [0.25, 0.3) is 0 Å². The SMILES string of the molecule is CN1CCn2nc(C(=O)Nc3ncccc3Cl)cc2S1(=O)=O. The third-order valence-corrected chi connectivity index (χ3v) is 5.43. The number of halogens is 1. The van der Waals surface area contributed by atoms with E-state index < -0.39 is 15.9 Å². The minimum atomic E-state index is -3.60. The summed E-state index contributed by atoms with van der Waals surface area (Å²) < 4.78 is 26.8. The molecule has 3 rings (SSSR count). The molecule has 1 N–H and O–H groups in total. The van der Waals surface area contributed by atoms with Gasteiger partial charge in [-0.15, -0.1) is 0 Å². The zero-order valence-corrected chi connectivity index (χ0v) is 13.1. The molecule has 2 aromatic rings. The number of aromatic nitrogens is 3. The van der Waals surface area contributed by atoms with Gasteiger partial charge in [-0.2, -0.15) is 9.40 Å². The first-order chi connectivity index (χ1) is 10.4. The number of carbonyl (C=O) groups excluding carboxylic acids is 1. The van der Waals surface area contributed by atoms with Crippen LogP contribution in [0.15, 0.2) is 29.4 Å². The number of likely N-dealkylation sites (N-methyl/N-ethyl adjacent to an activating group) is 1. The Morgan fingerprint density at radius 2 is 2.18 bits per heavy atom. The highest BCUT2D eigenvalue weighted by Crippen LogP contribution is 2.22. The maximum Gasteiger partial charge on any atom is 0.277 e. The van der Waals surface area contributed by atoms with E-state index in [1.165, 1.54) is 28.3 Å². The molecule has 0 aromatic carbocycles. The van der Waals surface area contributed by atoms with Crippen LogP contribution in [0.2, 0.25) is 5.02 Å². The average Bonchev–Trinajstić information content (AvgIpc) is 2.91. The molecule has 0 fully saturated rings. The van der Waals surface area contributed by atoms with Crippen LogP contribution >= 0.6 is 11.6 Å². The van der Waals surface area contributed by atoms with Crippen molar-refractivity contribution < 1.29 is 13.2 Å². The van der Waals surface area contributed by atoms with Crippen molar-refractivity contribution in [3.05, 3.63) is 35.1 Å². The van der Waals surface area contributed by atoms with E-state index in [-0.39, 0.29) is 21.6 Å². The second-order valence-electron chi connectivity index (χ2n) is 4.71. The number of carbonyl (C=O) groups is 1. The van der Waals surface area contributed by atoms with Gasteiger partial charge in [0.15, 0.2) is 16.5 Å². The number of hydrogen-bond acceptors (Lipinski definition) is 5. The summed E-state index contributed by atoms with van der Waals surface area (Å²) in [6.07, 6.45) is 1.49. The number of fused-ring (bicyclic) bond motifs is 1. The number of rotatable bonds is 2. The maximum atomic E-state index is 12.2. The van der Waals surface area contributed by atoms with Crippen LogP contribution in [0, 0.1) is 0 Å². The predicted molar refractivity (Wildman–Crippen MR) is 79.2 cm³/mol. The van der Waals surface area contributed by atoms with Gasteiger partial charge >= 0.3 is 0 Å². The molecule has 116 valence electrons. The van der Waals surface area contributed by atoms with Gasteiger partial charge in [0.2, 0.25) is 0 Å². The quantitative estimate of drug-likeness (QED) is 0.872. The molecule has 0 spiro atoms. The predicted octanol–water partition coefficient (Wildman–Crippen LogP) is 0.818. The summed E-state index contributed by atoms with van der Waals surface area (Å²) in [6, 6.07) is 4.47. The summed E-state index contributed by atoms with van der Waals surface area (Å²) in [6.45, 7) is 0.701. The van der Waals surface area contributed by atoms with E-state index in [2.05, 4.69) is 15.4 Å². The molecule has 0 atom stereocenters. The minimum Gasteiger partial charge on any atom is -0.304 e. The molecule has 1 aliphatic heterocycles. The van der Waals surface area contributed by atoms with E-state index in [1.54, 1.807) is 12.1 Å². The number of nitrogens with one attached hydrogen (secondary N) is 1. The van der Waals surface area contributed by atoms with Gasteiger partial charge in [-0.1, -0.05) is 11.6 Å². The van der Waals surface area contributed by atoms with Crippen LogP contribution in [-0.2, 0) is 16.6 Å². The van der Waals surface area contributed by atoms with E-state index in [1.807, 2.05) is 0 Å². The van der Waals surface area contributed by atoms with Crippen molar-refractivity contribution in [1.29, 1.82) is 0 Å². The van der Waals surface area contributed by atoms with E-state index in [9.17, 15) is 13.2 Å². The molecule has 3 heterocycles. The summed E-state index contributed by atoms with van der Waals surface area (Å²) in [5.41, 5.74) is -0.00408. The van der Waals surface area contributed by atoms with Crippen LogP contribution < -0.4 is 5.32 Å². The highest BCUT2D eigenvalue weighted by molar-refractivity contribution is 7.89. The van der Waals surface area contributed by atoms with Crippen molar-refractivity contribution in [3.8, 4) is 0 Å². The smallest absolute Gasteiger partial charge is 0.277 e. The summed E-state index contributed by atoms with van der Waals surface area (Å²) >= 11 is 5.92. The molecule has 1 aliphatic rings. The van der Waals surface area contributed by atoms with Crippen molar-refractivity contribution >= 4 is 33.3 Å². The van der Waals surface area contributed by atoms with Crippen molar-refractivity contribution in [3.63, 3.8) is 0 Å². The molecule has 0 saturated carbocycles. The third kappa shape index (κ3) is 2.47. The number of anilines is 1. The van der Waals surface area contributed by atoms with Gasteiger partial charge in [-0.05, 0) is 12.1 Å². The molecule has 10 heteroatoms. The fraction of sp³-hybridized carbons (Fsp3) is 0.250. The van der Waals surface area contributed by atoms with E-state index >= 15 is 0 Å². The highest BCUT2D eigenvalue weighted by atomic mass is 35.5. The Morgan fingerprint density at radius 1 is 1.41 bits per heavy atom. The highest BCUT2D eigenvalue weighted by Gasteiger charge is 2.31. The van der Waals surface area contributed by atoms with Gasteiger partial charge < -0.3 is 5.32 Å². The molecule has 8 nitrogen and oxygen atoms in total. The van der Waals surface area contributed by atoms with E-state index in [0.29, 0.717) is 13.1 Å². The molecule has 0 bridgehead atoms. The standard InChI is InChI=1S/C12H12ClN5O3S/c1-17-5-6-18-10(22(17,20)21)7-9(16-18)12(19)15-11-8(13)3-2-4-14-11/h2-4,7H,5-6H2,1H3,(H,14,15,19). The largest absolute Gasteiger partial charge is 0.304 e. The molecule has 0 unspecified atom stereocenters. The van der Waals surface area contributed by atoms with Crippen LogP contribution in [0.3, 0.4) is 0 Å². The Balaban J connectivity index is 1.91. The Morgan fingerprint density at radius 3 is 2.91 bits per heavy atom. The maximum absolute atomic E-state index is 12.2. The first kappa shape index (κ1) is 14.9. The van der Waals surface area contributed by atoms with Crippen molar-refractivity contribution in [2.75, 3.05) is 18.9 Å². The lowest BCUT2D eigenvalue weighted by molar-refractivity contribution is 0.102. The van der Waals surface area contributed by atoms with Gasteiger partial charge in [0, 0.05) is 25.9 Å². The number of sulfonamides is 1. The van der Waals surface area contributed by atoms with E-state index in [0.717, 1.165) is 0 Å². The van der Waals surface area contributed by atoms with Crippen LogP contribution in [0.5, 0.6) is 0 Å². The normalized spacial score (nSPS) is 17.0. The lowest BCUT2D eigenvalue weighted by Gasteiger charge is -2.22. The van der Waals surface area contributed by atoms with E-state index in [4.69, 9.17) is 11.6 Å². The minimum absolute atomic E-state index is 0.00137. The topological polar surface area (TPSA) is 97.2 Å². The molecule has 0 saturated heterocycles. The molecule has 2 aromatic heterocycles. The molecule has 1 amide bonds. The first-order valence-electron chi connectivity index (χ1n) is 6.35. The number of pyridine rings is 1. The third-order valence-electron chi connectivity index (χ3n) is 3.27. The van der Waals surface area contributed by atoms with Gasteiger partial charge in [-0.3, -0.25) is 9.48 Å². The fourth-order valence-corrected chi connectivity index (χ4v) is 3.51. The van der Waals surface area contributed by atoms with Crippen molar-refractivity contribution in [2.45, 2.75) is 11.6 Å². The summed E-state index contributed by atoms with van der Waals surface area (Å²) in [5.74, 6) is -0.375. The fourth-order valence-electron chi connectivity index (χ4n) is 2.04. The van der Waals surface area contributed by atoms with Crippen molar-refractivity contribution in [1.82, 2.24) is 19.1 Å². The monoisotopic (exact) mass is 341 g/mol. The zero-order valence-electron chi connectivity index (χ0n) is 11.5. The molecule has 0 aliphatic carbocycles. The Hall–Kier alpha value is -1.97. The number of hydrogen-bond donors (Lipinski definition) is 1. The van der Waals surface area contributed by atoms with Crippen LogP contribution in [0.1, 0.15) is 10.5 Å². The van der Waals surface area contributed by atoms with Crippen LogP contribution in [-0.4, -0.2) is 47.0 Å². The zero-order chi connectivity index (χ0) is 15.9. The Bertz CT molecular complexity index is 848. The van der Waals surface area contributed by atoms with Crippen molar-refractivity contribution in [2.24, 2.45) is 0 Å². The summed E-state index contributed by atoms with van der Waals surface area (Å²) in [7, 11) is -2.12. The molecular weight excluding hydrogens is 330 g/mol. The van der Waals surface area contributed by atoms with Gasteiger partial charge in [0.05, 0.1) is 11.6 Å². The molecule has 0 radical (unpaired) electrons. The van der Waals surface area contributed by atoms with Gasteiger partial charge in [0.25, 0.3) is 15.9 Å². The second kappa shape index (κ2) is 5.34. The lowest BCUT2D eigenvalue weighted by atomic mass is 10.4.